The van der Waals surface area contributed by atoms with E-state index in [0.29, 0.717) is 23.7 Å². The summed E-state index contributed by atoms with van der Waals surface area (Å²) in [6.45, 7) is 24.5. The molecule has 43 heavy (non-hydrogen) atoms. The molecule has 0 aromatic rings. The molecule has 0 fully saturated rings. The van der Waals surface area contributed by atoms with Crippen molar-refractivity contribution in [2.75, 3.05) is 13.2 Å². The first-order valence-corrected chi connectivity index (χ1v) is 19.4. The Morgan fingerprint density at radius 1 is 0.419 bits per heavy atom. The Hall–Kier alpha value is 0.460. The Kier molecular flexibility index (Phi) is 27.9. The lowest BCUT2D eigenvalue weighted by Gasteiger charge is -2.27. The molecule has 0 aromatic carbocycles. The summed E-state index contributed by atoms with van der Waals surface area (Å²) < 4.78 is 19.2. The highest BCUT2D eigenvalue weighted by Gasteiger charge is 2.21. The Morgan fingerprint density at radius 3 is 1.07 bits per heavy atom. The molecule has 0 aromatic heterocycles. The molecule has 0 bridgehead atoms. The van der Waals surface area contributed by atoms with Gasteiger partial charge in [0.25, 0.3) is 0 Å². The smallest absolute Gasteiger partial charge is 0.160 e. The van der Waals surface area contributed by atoms with Gasteiger partial charge in [0.1, 0.15) is 0 Å². The van der Waals surface area contributed by atoms with Gasteiger partial charge in [-0.3, -0.25) is 0 Å². The van der Waals surface area contributed by atoms with Gasteiger partial charge in [-0.1, -0.05) is 81.1 Å². The predicted molar refractivity (Wildman–Crippen MR) is 191 cm³/mol. The molecule has 10 atom stereocenters. The van der Waals surface area contributed by atoms with E-state index < -0.39 is 0 Å². The maximum atomic E-state index is 6.58. The zero-order valence-corrected chi connectivity index (χ0v) is 32.0. The Balaban J connectivity index is 4.83. The van der Waals surface area contributed by atoms with Crippen LogP contribution in [-0.4, -0.2) is 36.5 Å². The second-order valence-electron chi connectivity index (χ2n) is 14.9. The summed E-state index contributed by atoms with van der Waals surface area (Å²) in [7, 11) is 0. The lowest BCUT2D eigenvalue weighted by atomic mass is 9.86. The Labute approximate surface area is 280 Å². The molecular formula is C38H76Cl2O3. The van der Waals surface area contributed by atoms with E-state index in [4.69, 9.17) is 37.4 Å². The molecule has 0 amide bonds. The van der Waals surface area contributed by atoms with Gasteiger partial charge < -0.3 is 14.2 Å². The van der Waals surface area contributed by atoms with Gasteiger partial charge in [0.15, 0.2) is 12.6 Å². The average Bonchev–Trinajstić information content (AvgIpc) is 2.87. The lowest BCUT2D eigenvalue weighted by Crippen LogP contribution is -2.28. The van der Waals surface area contributed by atoms with Gasteiger partial charge in [-0.15, -0.1) is 23.2 Å². The van der Waals surface area contributed by atoms with Gasteiger partial charge in [-0.2, -0.15) is 0 Å². The molecular weight excluding hydrogens is 575 g/mol. The molecule has 0 radical (unpaired) electrons. The molecule has 0 aliphatic rings. The number of hydrogen-bond acceptors (Lipinski definition) is 3. The molecule has 0 heterocycles. The zero-order valence-electron chi connectivity index (χ0n) is 30.5. The van der Waals surface area contributed by atoms with Gasteiger partial charge in [-0.25, -0.2) is 0 Å². The third-order valence-electron chi connectivity index (χ3n) is 8.85. The first kappa shape index (κ1) is 43.5. The maximum absolute atomic E-state index is 6.58. The van der Waals surface area contributed by atoms with Crippen LogP contribution in [0.15, 0.2) is 0 Å². The fourth-order valence-electron chi connectivity index (χ4n) is 7.01. The number of rotatable bonds is 30. The van der Waals surface area contributed by atoms with Crippen molar-refractivity contribution < 1.29 is 14.2 Å². The van der Waals surface area contributed by atoms with E-state index in [1.807, 2.05) is 0 Å². The van der Waals surface area contributed by atoms with Crippen molar-refractivity contribution >= 4 is 23.2 Å². The molecule has 0 saturated carbocycles. The van der Waals surface area contributed by atoms with Gasteiger partial charge in [0.2, 0.25) is 0 Å². The first-order chi connectivity index (χ1) is 20.4. The maximum Gasteiger partial charge on any atom is 0.160 e. The van der Waals surface area contributed by atoms with E-state index in [1.165, 1.54) is 38.5 Å². The fraction of sp³-hybridized carbons (Fsp3) is 1.00. The molecule has 0 aliphatic carbocycles. The summed E-state index contributed by atoms with van der Waals surface area (Å²) in [4.78, 5) is 0. The molecule has 0 N–H and O–H groups in total. The monoisotopic (exact) mass is 651 g/mol. The number of ether oxygens (including phenoxy) is 3. The third kappa shape index (κ3) is 27.3. The molecule has 0 spiro atoms. The normalized spacial score (nSPS) is 19.3. The van der Waals surface area contributed by atoms with Crippen molar-refractivity contribution in [2.24, 2.45) is 35.5 Å². The fourth-order valence-corrected chi connectivity index (χ4v) is 7.62. The van der Waals surface area contributed by atoms with E-state index in [-0.39, 0.29) is 23.3 Å². The number of halogens is 2. The summed E-state index contributed by atoms with van der Waals surface area (Å²) in [6, 6.07) is 0. The summed E-state index contributed by atoms with van der Waals surface area (Å²) in [5.41, 5.74) is 0. The van der Waals surface area contributed by atoms with E-state index >= 15 is 0 Å². The summed E-state index contributed by atoms with van der Waals surface area (Å²) in [5, 5.41) is 0.547. The molecule has 0 aliphatic heterocycles. The highest BCUT2D eigenvalue weighted by molar-refractivity contribution is 6.20. The van der Waals surface area contributed by atoms with Gasteiger partial charge in [0.05, 0.1) is 0 Å². The van der Waals surface area contributed by atoms with E-state index in [0.717, 1.165) is 89.3 Å². The van der Waals surface area contributed by atoms with Crippen LogP contribution in [-0.2, 0) is 14.2 Å². The van der Waals surface area contributed by atoms with Gasteiger partial charge >= 0.3 is 0 Å². The molecule has 10 unspecified atom stereocenters. The van der Waals surface area contributed by atoms with Crippen LogP contribution in [0.4, 0.5) is 0 Å². The first-order valence-electron chi connectivity index (χ1n) is 18.5. The standard InChI is InChI=1S/C38H76Cl2O3/c1-11-13-21-41-37(19-15-17-29(3)23-31(5)25-33(7)27-35(9)39)43-38(42-22-14-12-2)20-16-18-30(4)24-32(6)26-34(8)28-36(10)40/h29-38H,11-28H2,1-10H3. The summed E-state index contributed by atoms with van der Waals surface area (Å²) in [6.07, 6.45) is 18.0. The van der Waals surface area contributed by atoms with Gasteiger partial charge in [0, 0.05) is 24.0 Å². The minimum Gasteiger partial charge on any atom is -0.353 e. The second-order valence-corrected chi connectivity index (χ2v) is 16.4. The Bertz CT molecular complexity index is 552. The van der Waals surface area contributed by atoms with E-state index in [2.05, 4.69) is 69.2 Å². The highest BCUT2D eigenvalue weighted by Crippen LogP contribution is 2.28. The molecule has 260 valence electrons. The van der Waals surface area contributed by atoms with Crippen molar-refractivity contribution in [1.29, 1.82) is 0 Å². The second kappa shape index (κ2) is 27.6. The minimum atomic E-state index is -0.170. The van der Waals surface area contributed by atoms with Crippen LogP contribution in [0.1, 0.15) is 172 Å². The third-order valence-corrected chi connectivity index (χ3v) is 9.21. The topological polar surface area (TPSA) is 27.7 Å². The zero-order chi connectivity index (χ0) is 32.6. The molecule has 5 heteroatoms. The quantitative estimate of drug-likeness (QED) is 0.0439. The number of hydrogen-bond donors (Lipinski definition) is 0. The van der Waals surface area contributed by atoms with Crippen molar-refractivity contribution in [2.45, 2.75) is 195 Å². The van der Waals surface area contributed by atoms with Crippen LogP contribution in [0.3, 0.4) is 0 Å². The van der Waals surface area contributed by atoms with Crippen LogP contribution in [0.25, 0.3) is 0 Å². The van der Waals surface area contributed by atoms with Crippen molar-refractivity contribution in [1.82, 2.24) is 0 Å². The number of alkyl halides is 2. The largest absolute Gasteiger partial charge is 0.353 e. The van der Waals surface area contributed by atoms with Crippen LogP contribution in [0.2, 0.25) is 0 Å². The summed E-state index contributed by atoms with van der Waals surface area (Å²) >= 11 is 12.5. The predicted octanol–water partition coefficient (Wildman–Crippen LogP) is 13.0. The van der Waals surface area contributed by atoms with Crippen LogP contribution in [0, 0.1) is 35.5 Å². The number of unbranched alkanes of at least 4 members (excludes halogenated alkanes) is 2. The van der Waals surface area contributed by atoms with Crippen molar-refractivity contribution in [3.63, 3.8) is 0 Å². The van der Waals surface area contributed by atoms with Gasteiger partial charge in [-0.05, 0) is 126 Å². The van der Waals surface area contributed by atoms with Crippen LogP contribution < -0.4 is 0 Å². The van der Waals surface area contributed by atoms with Crippen LogP contribution in [0.5, 0.6) is 0 Å². The average molecular weight is 652 g/mol. The molecule has 0 rings (SSSR count). The molecule has 0 saturated heterocycles. The highest BCUT2D eigenvalue weighted by atomic mass is 35.5. The Morgan fingerprint density at radius 2 is 0.744 bits per heavy atom. The van der Waals surface area contributed by atoms with Crippen molar-refractivity contribution in [3.8, 4) is 0 Å². The van der Waals surface area contributed by atoms with Crippen molar-refractivity contribution in [3.05, 3.63) is 0 Å². The minimum absolute atomic E-state index is 0.170. The van der Waals surface area contributed by atoms with E-state index in [9.17, 15) is 0 Å². The molecule has 3 nitrogen and oxygen atoms in total. The van der Waals surface area contributed by atoms with Crippen LogP contribution >= 0.6 is 23.2 Å². The summed E-state index contributed by atoms with van der Waals surface area (Å²) in [5.74, 6) is 4.32. The SMILES string of the molecule is CCCCOC(CCCC(C)CC(C)CC(C)CC(C)Cl)OC(CCCC(C)CC(C)CC(C)CC(C)Cl)OCCCC. The van der Waals surface area contributed by atoms with E-state index in [1.54, 1.807) is 0 Å². The lowest BCUT2D eigenvalue weighted by molar-refractivity contribution is -0.250.